The van der Waals surface area contributed by atoms with Crippen molar-refractivity contribution in [2.24, 2.45) is 0 Å². The van der Waals surface area contributed by atoms with E-state index in [1.165, 1.54) is 0 Å². The molecule has 1 aliphatic rings. The van der Waals surface area contributed by atoms with Crippen molar-refractivity contribution in [3.63, 3.8) is 0 Å². The molecule has 9 heteroatoms. The quantitative estimate of drug-likeness (QED) is 0.547. The van der Waals surface area contributed by atoms with Gasteiger partial charge in [-0.2, -0.15) is 0 Å². The average molecular weight is 301 g/mol. The molecule has 0 radical (unpaired) electrons. The highest BCUT2D eigenvalue weighted by Gasteiger charge is 2.23. The van der Waals surface area contributed by atoms with Gasteiger partial charge in [-0.1, -0.05) is 0 Å². The first-order valence-electron chi connectivity index (χ1n) is 6.09. The van der Waals surface area contributed by atoms with E-state index in [4.69, 9.17) is 5.11 Å². The zero-order valence-corrected chi connectivity index (χ0v) is 11.4. The number of carboxylic acids is 1. The molecule has 1 aliphatic carbocycles. The summed E-state index contributed by atoms with van der Waals surface area (Å²) in [6.45, 7) is -0.0333. The summed E-state index contributed by atoms with van der Waals surface area (Å²) in [4.78, 5) is 24.2. The smallest absolute Gasteiger partial charge is 0.352 e. The van der Waals surface area contributed by atoms with Gasteiger partial charge in [-0.15, -0.1) is 0 Å². The average Bonchev–Trinajstić information content (AvgIpc) is 3.01. The van der Waals surface area contributed by atoms with E-state index in [0.29, 0.717) is 0 Å². The van der Waals surface area contributed by atoms with E-state index in [2.05, 4.69) is 15.0 Å². The highest BCUT2D eigenvalue weighted by atomic mass is 32.2. The number of aromatic carboxylic acids is 1. The van der Waals surface area contributed by atoms with Crippen LogP contribution in [0.5, 0.6) is 0 Å². The molecule has 110 valence electrons. The summed E-state index contributed by atoms with van der Waals surface area (Å²) in [5.74, 6) is -1.44. The fourth-order valence-electron chi connectivity index (χ4n) is 1.56. The summed E-state index contributed by atoms with van der Waals surface area (Å²) in [5.41, 5.74) is -0.211. The standard InChI is InChI=1S/C11H15N3O5S/c15-10(14-7-1-2-7)3-4-13-20(18,19)8-5-9(11(16)17)12-6-8/h5-7,12-13H,1-4H2,(H,14,15)(H,16,17). The van der Waals surface area contributed by atoms with Gasteiger partial charge < -0.3 is 15.4 Å². The molecule has 8 nitrogen and oxygen atoms in total. The lowest BCUT2D eigenvalue weighted by Crippen LogP contribution is -2.31. The monoisotopic (exact) mass is 301 g/mol. The van der Waals surface area contributed by atoms with Crippen molar-refractivity contribution in [3.05, 3.63) is 18.0 Å². The Kier molecular flexibility index (Phi) is 4.09. The third-order valence-electron chi connectivity index (χ3n) is 2.78. The molecule has 0 bridgehead atoms. The Morgan fingerprint density at radius 2 is 2.10 bits per heavy atom. The number of aromatic nitrogens is 1. The van der Waals surface area contributed by atoms with Crippen LogP contribution in [0.1, 0.15) is 29.8 Å². The predicted octanol–water partition coefficient (Wildman–Crippen LogP) is -0.340. The molecule has 1 aromatic rings. The topological polar surface area (TPSA) is 128 Å². The Bertz CT molecular complexity index is 618. The summed E-state index contributed by atoms with van der Waals surface area (Å²) in [7, 11) is -3.81. The minimum atomic E-state index is -3.81. The molecule has 0 spiro atoms. The fourth-order valence-corrected chi connectivity index (χ4v) is 2.59. The van der Waals surface area contributed by atoms with Gasteiger partial charge in [0.2, 0.25) is 15.9 Å². The van der Waals surface area contributed by atoms with Gasteiger partial charge in [0.25, 0.3) is 0 Å². The molecule has 20 heavy (non-hydrogen) atoms. The van der Waals surface area contributed by atoms with Crippen LogP contribution in [0.2, 0.25) is 0 Å². The number of aromatic amines is 1. The third kappa shape index (κ3) is 3.81. The number of hydrogen-bond acceptors (Lipinski definition) is 4. The lowest BCUT2D eigenvalue weighted by molar-refractivity contribution is -0.121. The Morgan fingerprint density at radius 1 is 1.40 bits per heavy atom. The normalized spacial score (nSPS) is 15.0. The van der Waals surface area contributed by atoms with Crippen molar-refractivity contribution < 1.29 is 23.1 Å². The maximum absolute atomic E-state index is 11.8. The van der Waals surface area contributed by atoms with Crippen molar-refractivity contribution in [1.82, 2.24) is 15.0 Å². The molecule has 2 rings (SSSR count). The second kappa shape index (κ2) is 5.63. The Morgan fingerprint density at radius 3 is 2.65 bits per heavy atom. The lowest BCUT2D eigenvalue weighted by atomic mass is 10.4. The summed E-state index contributed by atoms with van der Waals surface area (Å²) in [6, 6.07) is 1.26. The Balaban J connectivity index is 1.86. The maximum atomic E-state index is 11.8. The van der Waals surface area contributed by atoms with Crippen LogP contribution >= 0.6 is 0 Å². The molecule has 0 aromatic carbocycles. The predicted molar refractivity (Wildman–Crippen MR) is 68.7 cm³/mol. The van der Waals surface area contributed by atoms with Crippen LogP contribution in [-0.4, -0.2) is 43.0 Å². The van der Waals surface area contributed by atoms with Gasteiger partial charge in [0.05, 0.1) is 0 Å². The first kappa shape index (κ1) is 14.5. The first-order valence-corrected chi connectivity index (χ1v) is 7.57. The SMILES string of the molecule is O=C(CCNS(=O)(=O)c1c[nH]c(C(=O)O)c1)NC1CC1. The van der Waals surface area contributed by atoms with Crippen molar-refractivity contribution >= 4 is 21.9 Å². The molecule has 0 unspecified atom stereocenters. The molecule has 1 amide bonds. The number of nitrogens with one attached hydrogen (secondary N) is 3. The summed E-state index contributed by atoms with van der Waals surface area (Å²) in [6.07, 6.45) is 3.08. The van der Waals surface area contributed by atoms with Crippen molar-refractivity contribution in [1.29, 1.82) is 0 Å². The van der Waals surface area contributed by atoms with Crippen LogP contribution in [0, 0.1) is 0 Å². The summed E-state index contributed by atoms with van der Waals surface area (Å²) < 4.78 is 25.9. The molecular weight excluding hydrogens is 286 g/mol. The van der Waals surface area contributed by atoms with Crippen molar-refractivity contribution in [2.75, 3.05) is 6.54 Å². The Labute approximate surface area is 115 Å². The van der Waals surface area contributed by atoms with Gasteiger partial charge in [-0.3, -0.25) is 4.79 Å². The molecule has 1 heterocycles. The minimum absolute atomic E-state index is 0.0333. The molecule has 4 N–H and O–H groups in total. The van der Waals surface area contributed by atoms with E-state index in [0.717, 1.165) is 25.1 Å². The molecule has 0 atom stereocenters. The number of H-pyrrole nitrogens is 1. The number of carboxylic acid groups (broad SMARTS) is 1. The van der Waals surface area contributed by atoms with Gasteiger partial charge in [-0.05, 0) is 18.9 Å². The van der Waals surface area contributed by atoms with Crippen molar-refractivity contribution in [3.8, 4) is 0 Å². The molecule has 1 aromatic heterocycles. The van der Waals surface area contributed by atoms with Gasteiger partial charge >= 0.3 is 5.97 Å². The van der Waals surface area contributed by atoms with Gasteiger partial charge in [0.1, 0.15) is 10.6 Å². The summed E-state index contributed by atoms with van der Waals surface area (Å²) >= 11 is 0. The van der Waals surface area contributed by atoms with Crippen LogP contribution in [0.4, 0.5) is 0 Å². The Hall–Kier alpha value is -1.87. The summed E-state index contributed by atoms with van der Waals surface area (Å²) in [5, 5.41) is 11.4. The van der Waals surface area contributed by atoms with E-state index in [1.807, 2.05) is 0 Å². The van der Waals surface area contributed by atoms with E-state index in [9.17, 15) is 18.0 Å². The second-order valence-electron chi connectivity index (χ2n) is 4.54. The van der Waals surface area contributed by atoms with Crippen LogP contribution < -0.4 is 10.0 Å². The second-order valence-corrected chi connectivity index (χ2v) is 6.31. The van der Waals surface area contributed by atoms with E-state index < -0.39 is 16.0 Å². The molecule has 1 saturated carbocycles. The molecule has 0 saturated heterocycles. The van der Waals surface area contributed by atoms with Crippen molar-refractivity contribution in [2.45, 2.75) is 30.2 Å². The third-order valence-corrected chi connectivity index (χ3v) is 4.22. The van der Waals surface area contributed by atoms with E-state index in [-0.39, 0.29) is 35.5 Å². The van der Waals surface area contributed by atoms with Gasteiger partial charge in [0.15, 0.2) is 0 Å². The van der Waals surface area contributed by atoms with Crippen LogP contribution in [0.25, 0.3) is 0 Å². The zero-order chi connectivity index (χ0) is 14.8. The minimum Gasteiger partial charge on any atom is -0.477 e. The maximum Gasteiger partial charge on any atom is 0.352 e. The number of carbonyl (C=O) groups excluding carboxylic acids is 1. The van der Waals surface area contributed by atoms with Crippen LogP contribution in [0.3, 0.4) is 0 Å². The van der Waals surface area contributed by atoms with Crippen LogP contribution in [0.15, 0.2) is 17.2 Å². The number of carbonyl (C=O) groups is 2. The first-order chi connectivity index (χ1) is 9.38. The largest absolute Gasteiger partial charge is 0.477 e. The van der Waals surface area contributed by atoms with Gasteiger partial charge in [-0.25, -0.2) is 17.9 Å². The lowest BCUT2D eigenvalue weighted by Gasteiger charge is -2.05. The van der Waals surface area contributed by atoms with E-state index in [1.54, 1.807) is 0 Å². The van der Waals surface area contributed by atoms with Gasteiger partial charge in [0, 0.05) is 25.2 Å². The molecule has 0 aliphatic heterocycles. The zero-order valence-electron chi connectivity index (χ0n) is 10.5. The number of sulfonamides is 1. The number of amides is 1. The number of hydrogen-bond donors (Lipinski definition) is 4. The molecule has 1 fully saturated rings. The molecular formula is C11H15N3O5S. The fraction of sp³-hybridized carbons (Fsp3) is 0.455. The highest BCUT2D eigenvalue weighted by Crippen LogP contribution is 2.18. The number of rotatable bonds is 7. The van der Waals surface area contributed by atoms with Crippen LogP contribution in [-0.2, 0) is 14.8 Å². The highest BCUT2D eigenvalue weighted by molar-refractivity contribution is 7.89. The van der Waals surface area contributed by atoms with E-state index >= 15 is 0 Å².